The fourth-order valence-corrected chi connectivity index (χ4v) is 3.59. The van der Waals surface area contributed by atoms with E-state index in [1.54, 1.807) is 17.9 Å². The first-order valence-corrected chi connectivity index (χ1v) is 11.7. The highest BCUT2D eigenvalue weighted by Crippen LogP contribution is 2.34. The second kappa shape index (κ2) is 11.5. The van der Waals surface area contributed by atoms with Gasteiger partial charge in [0.05, 0.1) is 10.7 Å². The number of carbonyl (C=O) groups excluding carboxylic acids is 1. The monoisotopic (exact) mass is 473 g/mol. The molecule has 0 aliphatic rings. The first-order valence-electron chi connectivity index (χ1n) is 11.3. The Bertz CT molecular complexity index is 1010. The molecule has 1 aromatic heterocycles. The quantitative estimate of drug-likeness (QED) is 0.185. The molecule has 0 radical (unpaired) electrons. The maximum absolute atomic E-state index is 12.1. The summed E-state index contributed by atoms with van der Waals surface area (Å²) >= 11 is 6.66. The van der Waals surface area contributed by atoms with Crippen LogP contribution >= 0.6 is 11.6 Å². The summed E-state index contributed by atoms with van der Waals surface area (Å²) in [4.78, 5) is 16.3. The average molecular weight is 474 g/mol. The summed E-state index contributed by atoms with van der Waals surface area (Å²) in [6.45, 7) is 14.7. The molecule has 0 spiro atoms. The lowest BCUT2D eigenvalue weighted by molar-refractivity contribution is -0.152. The molecule has 0 fully saturated rings. The van der Waals surface area contributed by atoms with Crippen LogP contribution in [-0.2, 0) is 26.2 Å². The zero-order valence-corrected chi connectivity index (χ0v) is 21.8. The number of aryl methyl sites for hydroxylation is 2. The number of rotatable bonds is 9. The first kappa shape index (κ1) is 26.7. The van der Waals surface area contributed by atoms with Crippen LogP contribution in [0.25, 0.3) is 11.3 Å². The molecule has 33 heavy (non-hydrogen) atoms. The van der Waals surface area contributed by atoms with Crippen LogP contribution in [0.4, 0.5) is 0 Å². The van der Waals surface area contributed by atoms with Gasteiger partial charge in [0, 0.05) is 31.8 Å². The van der Waals surface area contributed by atoms with Gasteiger partial charge in [-0.25, -0.2) is 0 Å². The SMILES string of the molecule is CCn1nc(C)c(Cl)c1/C(OCOC(=O)CC(C)C)=C(\C=NC)c1ccc(C(C)(C)C)cc1. The van der Waals surface area contributed by atoms with Gasteiger partial charge in [0.15, 0.2) is 5.76 Å². The predicted octanol–water partition coefficient (Wildman–Crippen LogP) is 6.29. The molecule has 0 atom stereocenters. The Hall–Kier alpha value is -2.60. The fourth-order valence-electron chi connectivity index (χ4n) is 3.37. The minimum Gasteiger partial charge on any atom is -0.454 e. The van der Waals surface area contributed by atoms with Crippen LogP contribution in [0.5, 0.6) is 0 Å². The van der Waals surface area contributed by atoms with E-state index < -0.39 is 0 Å². The van der Waals surface area contributed by atoms with Gasteiger partial charge >= 0.3 is 5.97 Å². The average Bonchev–Trinajstić information content (AvgIpc) is 3.02. The van der Waals surface area contributed by atoms with E-state index in [1.165, 1.54) is 5.56 Å². The van der Waals surface area contributed by atoms with Crippen molar-refractivity contribution in [3.63, 3.8) is 0 Å². The number of halogens is 1. The van der Waals surface area contributed by atoms with E-state index in [0.29, 0.717) is 35.1 Å². The van der Waals surface area contributed by atoms with E-state index >= 15 is 0 Å². The molecule has 0 bridgehead atoms. The highest BCUT2D eigenvalue weighted by molar-refractivity contribution is 6.33. The molecule has 2 rings (SSSR count). The highest BCUT2D eigenvalue weighted by atomic mass is 35.5. The third-order valence-electron chi connectivity index (χ3n) is 5.13. The lowest BCUT2D eigenvalue weighted by atomic mass is 9.86. The molecule has 1 heterocycles. The number of hydrogen-bond acceptors (Lipinski definition) is 5. The maximum Gasteiger partial charge on any atom is 0.308 e. The van der Waals surface area contributed by atoms with Crippen LogP contribution in [-0.4, -0.2) is 35.8 Å². The molecule has 0 unspecified atom stereocenters. The molecule has 0 aliphatic heterocycles. The number of nitrogens with zero attached hydrogens (tertiary/aromatic N) is 3. The standard InChI is InChI=1S/C26H36ClN3O3/c1-9-30-24(23(27)18(4)29-30)25(33-16-32-22(31)14-17(2)3)21(15-28-8)19-10-12-20(13-11-19)26(5,6)7/h10-13,15,17H,9,14,16H2,1-8H3/b25-21-,28-15?. The topological polar surface area (TPSA) is 65.7 Å². The van der Waals surface area contributed by atoms with Crippen LogP contribution in [0.3, 0.4) is 0 Å². The number of carbonyl (C=O) groups is 1. The Morgan fingerprint density at radius 1 is 1.21 bits per heavy atom. The Morgan fingerprint density at radius 3 is 2.36 bits per heavy atom. The summed E-state index contributed by atoms with van der Waals surface area (Å²) in [7, 11) is 1.70. The number of aliphatic imine (C=N–C) groups is 1. The number of esters is 1. The molecule has 1 aromatic carbocycles. The van der Waals surface area contributed by atoms with Crippen LogP contribution in [0, 0.1) is 12.8 Å². The summed E-state index contributed by atoms with van der Waals surface area (Å²) in [5.74, 6) is 0.361. The van der Waals surface area contributed by atoms with Gasteiger partial charge in [0.25, 0.3) is 0 Å². The highest BCUT2D eigenvalue weighted by Gasteiger charge is 2.23. The first-order chi connectivity index (χ1) is 15.5. The summed E-state index contributed by atoms with van der Waals surface area (Å²) in [5.41, 5.74) is 4.22. The minimum atomic E-state index is -0.309. The van der Waals surface area contributed by atoms with E-state index in [2.05, 4.69) is 43.0 Å². The molecular formula is C26H36ClN3O3. The molecule has 0 saturated carbocycles. The molecule has 0 saturated heterocycles. The third-order valence-corrected chi connectivity index (χ3v) is 5.58. The van der Waals surface area contributed by atoms with Gasteiger partial charge in [-0.3, -0.25) is 14.5 Å². The van der Waals surface area contributed by atoms with Crippen molar-refractivity contribution >= 4 is 35.1 Å². The molecule has 180 valence electrons. The van der Waals surface area contributed by atoms with Crippen LogP contribution in [0.15, 0.2) is 29.3 Å². The summed E-state index contributed by atoms with van der Waals surface area (Å²) in [5, 5.41) is 5.03. The lowest BCUT2D eigenvalue weighted by Crippen LogP contribution is -2.13. The largest absolute Gasteiger partial charge is 0.454 e. The van der Waals surface area contributed by atoms with Crippen molar-refractivity contribution in [1.82, 2.24) is 9.78 Å². The molecule has 2 aromatic rings. The predicted molar refractivity (Wildman–Crippen MR) is 136 cm³/mol. The van der Waals surface area contributed by atoms with Crippen molar-refractivity contribution in [3.8, 4) is 0 Å². The third kappa shape index (κ3) is 6.94. The van der Waals surface area contributed by atoms with E-state index in [1.807, 2.05) is 39.8 Å². The van der Waals surface area contributed by atoms with Crippen LogP contribution < -0.4 is 0 Å². The number of aromatic nitrogens is 2. The molecular weight excluding hydrogens is 438 g/mol. The zero-order chi connectivity index (χ0) is 24.8. The van der Waals surface area contributed by atoms with Crippen molar-refractivity contribution < 1.29 is 14.3 Å². The lowest BCUT2D eigenvalue weighted by Gasteiger charge is -2.20. The Balaban J connectivity index is 2.59. The van der Waals surface area contributed by atoms with Gasteiger partial charge in [0.2, 0.25) is 6.79 Å². The van der Waals surface area contributed by atoms with Crippen molar-refractivity contribution in [2.45, 2.75) is 66.8 Å². The molecule has 0 N–H and O–H groups in total. The van der Waals surface area contributed by atoms with E-state index in [4.69, 9.17) is 21.1 Å². The Morgan fingerprint density at radius 2 is 1.85 bits per heavy atom. The number of allylic oxidation sites excluding steroid dienone is 1. The van der Waals surface area contributed by atoms with E-state index in [0.717, 1.165) is 11.1 Å². The number of ether oxygens (including phenoxy) is 2. The Labute approximate surface area is 202 Å². The summed E-state index contributed by atoms with van der Waals surface area (Å²) in [6, 6.07) is 8.28. The second-order valence-corrected chi connectivity index (χ2v) is 9.78. The molecule has 0 amide bonds. The van der Waals surface area contributed by atoms with Gasteiger partial charge in [0.1, 0.15) is 5.69 Å². The van der Waals surface area contributed by atoms with Gasteiger partial charge < -0.3 is 9.47 Å². The summed E-state index contributed by atoms with van der Waals surface area (Å²) in [6.07, 6.45) is 2.06. The normalized spacial score (nSPS) is 12.9. The minimum absolute atomic E-state index is 0.0342. The van der Waals surface area contributed by atoms with Crippen molar-refractivity contribution in [1.29, 1.82) is 0 Å². The maximum atomic E-state index is 12.1. The number of benzene rings is 1. The van der Waals surface area contributed by atoms with E-state index in [-0.39, 0.29) is 24.1 Å². The molecule has 0 aliphatic carbocycles. The zero-order valence-electron chi connectivity index (χ0n) is 21.0. The van der Waals surface area contributed by atoms with Crippen molar-refractivity contribution in [2.24, 2.45) is 10.9 Å². The van der Waals surface area contributed by atoms with Crippen molar-refractivity contribution in [3.05, 3.63) is 51.8 Å². The van der Waals surface area contributed by atoms with Gasteiger partial charge in [-0.1, -0.05) is 70.5 Å². The Kier molecular flexibility index (Phi) is 9.29. The molecule has 6 nitrogen and oxygen atoms in total. The number of hydrogen-bond donors (Lipinski definition) is 0. The fraction of sp³-hybridized carbons (Fsp3) is 0.500. The van der Waals surface area contributed by atoms with Crippen LogP contribution in [0.2, 0.25) is 5.02 Å². The smallest absolute Gasteiger partial charge is 0.308 e. The second-order valence-electron chi connectivity index (χ2n) is 9.40. The van der Waals surface area contributed by atoms with Crippen LogP contribution in [0.1, 0.15) is 70.5 Å². The van der Waals surface area contributed by atoms with Gasteiger partial charge in [-0.05, 0) is 36.3 Å². The van der Waals surface area contributed by atoms with Crippen molar-refractivity contribution in [2.75, 3.05) is 13.8 Å². The summed E-state index contributed by atoms with van der Waals surface area (Å²) < 4.78 is 13.2. The van der Waals surface area contributed by atoms with Gasteiger partial charge in [-0.2, -0.15) is 5.10 Å². The van der Waals surface area contributed by atoms with E-state index in [9.17, 15) is 4.79 Å². The van der Waals surface area contributed by atoms with Gasteiger partial charge in [-0.15, -0.1) is 0 Å². The molecule has 7 heteroatoms.